The van der Waals surface area contributed by atoms with Crippen LogP contribution in [-0.4, -0.2) is 47.0 Å². The predicted molar refractivity (Wildman–Crippen MR) is 76.8 cm³/mol. The van der Waals surface area contributed by atoms with E-state index in [-0.39, 0.29) is 11.8 Å². The first-order chi connectivity index (χ1) is 9.31. The van der Waals surface area contributed by atoms with Gasteiger partial charge in [-0.3, -0.25) is 4.79 Å². The van der Waals surface area contributed by atoms with Gasteiger partial charge in [0.15, 0.2) is 0 Å². The minimum atomic E-state index is -0.908. The fourth-order valence-electron chi connectivity index (χ4n) is 1.74. The molecule has 1 aromatic heterocycles. The Morgan fingerprint density at radius 2 is 2.00 bits per heavy atom. The van der Waals surface area contributed by atoms with Gasteiger partial charge in [-0.25, -0.2) is 9.78 Å². The summed E-state index contributed by atoms with van der Waals surface area (Å²) in [5.74, 6) is -0.332. The zero-order valence-corrected chi connectivity index (χ0v) is 12.3. The highest BCUT2D eigenvalue weighted by atomic mass is 16.4. The van der Waals surface area contributed by atoms with Crippen LogP contribution in [0.5, 0.6) is 0 Å². The van der Waals surface area contributed by atoms with Crippen molar-refractivity contribution in [3.8, 4) is 0 Å². The van der Waals surface area contributed by atoms with Crippen molar-refractivity contribution in [2.45, 2.75) is 26.3 Å². The number of carboxylic acid groups (broad SMARTS) is 1. The van der Waals surface area contributed by atoms with Gasteiger partial charge in [-0.2, -0.15) is 0 Å². The van der Waals surface area contributed by atoms with E-state index in [1.807, 2.05) is 13.8 Å². The first-order valence-electron chi connectivity index (χ1n) is 6.48. The molecule has 1 heterocycles. The molecule has 20 heavy (non-hydrogen) atoms. The van der Waals surface area contributed by atoms with E-state index in [1.54, 1.807) is 26.2 Å². The maximum absolute atomic E-state index is 11.7. The second kappa shape index (κ2) is 6.88. The van der Waals surface area contributed by atoms with Crippen molar-refractivity contribution in [2.75, 3.05) is 19.4 Å². The first-order valence-corrected chi connectivity index (χ1v) is 6.48. The molecule has 0 aliphatic rings. The lowest BCUT2D eigenvalue weighted by atomic mass is 10.0. The van der Waals surface area contributed by atoms with Crippen LogP contribution in [0.4, 0.5) is 5.82 Å². The Morgan fingerprint density at radius 3 is 2.40 bits per heavy atom. The summed E-state index contributed by atoms with van der Waals surface area (Å²) >= 11 is 0. The molecule has 2 N–H and O–H groups in total. The molecule has 6 heteroatoms. The van der Waals surface area contributed by atoms with Crippen LogP contribution < -0.4 is 5.32 Å². The van der Waals surface area contributed by atoms with Crippen LogP contribution in [0.2, 0.25) is 0 Å². The van der Waals surface area contributed by atoms with Crippen molar-refractivity contribution >= 4 is 17.7 Å². The molecule has 0 bridgehead atoms. The number of nitrogens with one attached hydrogen (secondary N) is 1. The van der Waals surface area contributed by atoms with E-state index in [4.69, 9.17) is 5.11 Å². The van der Waals surface area contributed by atoms with E-state index in [1.165, 1.54) is 11.1 Å². The predicted octanol–water partition coefficient (Wildman–Crippen LogP) is 1.69. The second-order valence-corrected chi connectivity index (χ2v) is 5.30. The van der Waals surface area contributed by atoms with Crippen LogP contribution in [0.15, 0.2) is 18.3 Å². The van der Waals surface area contributed by atoms with Crippen LogP contribution >= 0.6 is 0 Å². The lowest BCUT2D eigenvalue weighted by Crippen LogP contribution is -2.31. The van der Waals surface area contributed by atoms with Crippen LogP contribution in [-0.2, 0) is 4.79 Å². The third-order valence-electron chi connectivity index (χ3n) is 2.74. The summed E-state index contributed by atoms with van der Waals surface area (Å²) in [4.78, 5) is 28.4. The average Bonchev–Trinajstić information content (AvgIpc) is 2.37. The molecule has 0 saturated heterocycles. The Labute approximate surface area is 118 Å². The molecule has 6 nitrogen and oxygen atoms in total. The lowest BCUT2D eigenvalue weighted by Gasteiger charge is -2.17. The largest absolute Gasteiger partial charge is 0.480 e. The SMILES string of the molecule is CC(C)C[C@@H](Nc1ccc(C(=O)N(C)C)cn1)C(=O)O. The number of pyridine rings is 1. The van der Waals surface area contributed by atoms with E-state index in [0.717, 1.165) is 0 Å². The molecule has 0 fully saturated rings. The maximum atomic E-state index is 11.7. The summed E-state index contributed by atoms with van der Waals surface area (Å²) in [7, 11) is 3.33. The summed E-state index contributed by atoms with van der Waals surface area (Å²) < 4.78 is 0. The minimum absolute atomic E-state index is 0.138. The molecule has 0 unspecified atom stereocenters. The number of hydrogen-bond donors (Lipinski definition) is 2. The second-order valence-electron chi connectivity index (χ2n) is 5.30. The van der Waals surface area contributed by atoms with E-state index in [2.05, 4.69) is 10.3 Å². The highest BCUT2D eigenvalue weighted by molar-refractivity contribution is 5.93. The first kappa shape index (κ1) is 15.9. The van der Waals surface area contributed by atoms with Crippen LogP contribution in [0.3, 0.4) is 0 Å². The van der Waals surface area contributed by atoms with Gasteiger partial charge in [0.25, 0.3) is 5.91 Å². The average molecular weight is 279 g/mol. The number of aliphatic carboxylic acids is 1. The van der Waals surface area contributed by atoms with E-state index in [9.17, 15) is 9.59 Å². The molecule has 0 spiro atoms. The summed E-state index contributed by atoms with van der Waals surface area (Å²) in [6.07, 6.45) is 1.95. The molecule has 1 amide bonds. The zero-order chi connectivity index (χ0) is 15.3. The van der Waals surface area contributed by atoms with Gasteiger partial charge >= 0.3 is 5.97 Å². The molecule has 1 atom stereocenters. The number of hydrogen-bond acceptors (Lipinski definition) is 4. The third kappa shape index (κ3) is 4.53. The monoisotopic (exact) mass is 279 g/mol. The van der Waals surface area contributed by atoms with Crippen molar-refractivity contribution in [3.63, 3.8) is 0 Å². The highest BCUT2D eigenvalue weighted by Crippen LogP contribution is 2.12. The number of nitrogens with zero attached hydrogens (tertiary/aromatic N) is 2. The smallest absolute Gasteiger partial charge is 0.326 e. The standard InChI is InChI=1S/C14H21N3O3/c1-9(2)7-11(14(19)20)16-12-6-5-10(8-15-12)13(18)17(3)4/h5-6,8-9,11H,7H2,1-4H3,(H,15,16)(H,19,20)/t11-/m1/s1. The quantitative estimate of drug-likeness (QED) is 0.828. The van der Waals surface area contributed by atoms with Crippen molar-refractivity contribution in [3.05, 3.63) is 23.9 Å². The number of carboxylic acids is 1. The molecule has 0 aliphatic carbocycles. The fourth-order valence-corrected chi connectivity index (χ4v) is 1.74. The van der Waals surface area contributed by atoms with Crippen LogP contribution in [0.1, 0.15) is 30.6 Å². The third-order valence-corrected chi connectivity index (χ3v) is 2.74. The maximum Gasteiger partial charge on any atom is 0.326 e. The number of aromatic nitrogens is 1. The van der Waals surface area contributed by atoms with Crippen LogP contribution in [0, 0.1) is 5.92 Å². The zero-order valence-electron chi connectivity index (χ0n) is 12.3. The van der Waals surface area contributed by atoms with Gasteiger partial charge in [-0.15, -0.1) is 0 Å². The molecule has 0 aromatic carbocycles. The molecular formula is C14H21N3O3. The highest BCUT2D eigenvalue weighted by Gasteiger charge is 2.19. The Hall–Kier alpha value is -2.11. The van der Waals surface area contributed by atoms with Crippen LogP contribution in [0.25, 0.3) is 0 Å². The summed E-state index contributed by atoms with van der Waals surface area (Å²) in [5, 5.41) is 12.0. The van der Waals surface area contributed by atoms with Crippen molar-refractivity contribution in [2.24, 2.45) is 5.92 Å². The molecule has 0 saturated carbocycles. The van der Waals surface area contributed by atoms with Crippen molar-refractivity contribution in [1.29, 1.82) is 0 Å². The van der Waals surface area contributed by atoms with Gasteiger partial charge in [-0.1, -0.05) is 13.8 Å². The summed E-state index contributed by atoms with van der Waals surface area (Å²) in [6, 6.07) is 2.57. The molecule has 0 aliphatic heterocycles. The Balaban J connectivity index is 2.77. The molecular weight excluding hydrogens is 258 g/mol. The van der Waals surface area contributed by atoms with E-state index in [0.29, 0.717) is 17.8 Å². The summed E-state index contributed by atoms with van der Waals surface area (Å²) in [5.41, 5.74) is 0.469. The number of anilines is 1. The molecule has 1 aromatic rings. The van der Waals surface area contributed by atoms with Gasteiger partial charge in [0.2, 0.25) is 0 Å². The Bertz CT molecular complexity index is 469. The van der Waals surface area contributed by atoms with Gasteiger partial charge in [0.1, 0.15) is 11.9 Å². The number of carbonyl (C=O) groups excluding carboxylic acids is 1. The van der Waals surface area contributed by atoms with Gasteiger partial charge in [0.05, 0.1) is 5.56 Å². The fraction of sp³-hybridized carbons (Fsp3) is 0.500. The van der Waals surface area contributed by atoms with Gasteiger partial charge in [0, 0.05) is 20.3 Å². The number of amides is 1. The van der Waals surface area contributed by atoms with Crippen molar-refractivity contribution < 1.29 is 14.7 Å². The Morgan fingerprint density at radius 1 is 1.35 bits per heavy atom. The van der Waals surface area contributed by atoms with Gasteiger partial charge in [-0.05, 0) is 24.5 Å². The van der Waals surface area contributed by atoms with Gasteiger partial charge < -0.3 is 15.3 Å². The normalized spacial score (nSPS) is 12.1. The summed E-state index contributed by atoms with van der Waals surface area (Å²) in [6.45, 7) is 3.92. The Kier molecular flexibility index (Phi) is 5.49. The minimum Gasteiger partial charge on any atom is -0.480 e. The van der Waals surface area contributed by atoms with E-state index < -0.39 is 12.0 Å². The lowest BCUT2D eigenvalue weighted by molar-refractivity contribution is -0.138. The molecule has 1 rings (SSSR count). The van der Waals surface area contributed by atoms with Crippen molar-refractivity contribution in [1.82, 2.24) is 9.88 Å². The molecule has 0 radical (unpaired) electrons. The molecule has 110 valence electrons. The van der Waals surface area contributed by atoms with E-state index >= 15 is 0 Å². The number of carbonyl (C=O) groups is 2. The topological polar surface area (TPSA) is 82.5 Å². The number of rotatable bonds is 6.